The standard InChI is InChI=1S/C27H24F2N4O5S/c1-17-26(25(38-32-17)9-5-18-2-6-21(28)16-23(18)29)39(35,36)33-14-11-20(12-15-33)27(34)31-22-7-3-19(4-8-22)24-10-13-30-37-24/h2-10,13,16,20H,11-12,14-15H2,1H3,(H,31,34). The summed E-state index contributed by atoms with van der Waals surface area (Å²) in [5.74, 6) is -1.52. The predicted molar refractivity (Wildman–Crippen MR) is 139 cm³/mol. The second kappa shape index (κ2) is 10.9. The fraction of sp³-hybridized carbons (Fsp3) is 0.222. The summed E-state index contributed by atoms with van der Waals surface area (Å²) in [7, 11) is -4.01. The first-order valence-electron chi connectivity index (χ1n) is 12.1. The minimum Gasteiger partial charge on any atom is -0.356 e. The fourth-order valence-corrected chi connectivity index (χ4v) is 6.14. The third kappa shape index (κ3) is 5.66. The number of rotatable bonds is 7. The van der Waals surface area contributed by atoms with Crippen LogP contribution in [0.2, 0.25) is 0 Å². The second-order valence-electron chi connectivity index (χ2n) is 9.08. The van der Waals surface area contributed by atoms with Crippen molar-refractivity contribution >= 4 is 33.8 Å². The van der Waals surface area contributed by atoms with Gasteiger partial charge in [0, 0.05) is 48.0 Å². The van der Waals surface area contributed by atoms with E-state index in [1.165, 1.54) is 29.4 Å². The summed E-state index contributed by atoms with van der Waals surface area (Å²) in [6, 6.07) is 11.9. The molecule has 0 spiro atoms. The second-order valence-corrected chi connectivity index (χ2v) is 11.0. The van der Waals surface area contributed by atoms with Crippen LogP contribution in [0.3, 0.4) is 0 Å². The van der Waals surface area contributed by atoms with E-state index in [0.717, 1.165) is 17.7 Å². The highest BCUT2D eigenvalue weighted by atomic mass is 32.2. The molecule has 202 valence electrons. The summed E-state index contributed by atoms with van der Waals surface area (Å²) in [5.41, 5.74) is 1.66. The number of aromatic nitrogens is 2. The van der Waals surface area contributed by atoms with Crippen molar-refractivity contribution in [3.05, 3.63) is 83.4 Å². The van der Waals surface area contributed by atoms with Gasteiger partial charge in [-0.15, -0.1) is 0 Å². The third-order valence-electron chi connectivity index (χ3n) is 6.51. The molecule has 0 radical (unpaired) electrons. The molecule has 1 aliphatic heterocycles. The number of anilines is 1. The van der Waals surface area contributed by atoms with Crippen molar-refractivity contribution in [2.24, 2.45) is 5.92 Å². The fourth-order valence-electron chi connectivity index (χ4n) is 4.42. The van der Waals surface area contributed by atoms with Gasteiger partial charge in [0.25, 0.3) is 0 Å². The van der Waals surface area contributed by atoms with Crippen molar-refractivity contribution in [1.29, 1.82) is 0 Å². The molecule has 4 aromatic rings. The molecule has 1 amide bonds. The number of carbonyl (C=O) groups is 1. The van der Waals surface area contributed by atoms with Crippen LogP contribution in [0.4, 0.5) is 14.5 Å². The van der Waals surface area contributed by atoms with Crippen molar-refractivity contribution in [2.45, 2.75) is 24.7 Å². The Hall–Kier alpha value is -4.16. The smallest absolute Gasteiger partial charge is 0.248 e. The number of aryl methyl sites for hydroxylation is 1. The van der Waals surface area contributed by atoms with Gasteiger partial charge in [-0.3, -0.25) is 4.79 Å². The molecule has 0 unspecified atom stereocenters. The molecule has 2 aromatic heterocycles. The highest BCUT2D eigenvalue weighted by Gasteiger charge is 2.36. The van der Waals surface area contributed by atoms with Crippen molar-refractivity contribution in [3.8, 4) is 11.3 Å². The van der Waals surface area contributed by atoms with E-state index in [1.807, 2.05) is 12.1 Å². The Morgan fingerprint density at radius 3 is 2.46 bits per heavy atom. The van der Waals surface area contributed by atoms with Crippen molar-refractivity contribution < 1.29 is 31.0 Å². The molecule has 9 nitrogen and oxygen atoms in total. The monoisotopic (exact) mass is 554 g/mol. The van der Waals surface area contributed by atoms with Crippen LogP contribution in [0, 0.1) is 24.5 Å². The predicted octanol–water partition coefficient (Wildman–Crippen LogP) is 5.13. The first-order chi connectivity index (χ1) is 18.7. The van der Waals surface area contributed by atoms with E-state index in [1.54, 1.807) is 24.4 Å². The van der Waals surface area contributed by atoms with Crippen LogP contribution >= 0.6 is 0 Å². The third-order valence-corrected chi connectivity index (χ3v) is 8.56. The summed E-state index contributed by atoms with van der Waals surface area (Å²) < 4.78 is 65.7. The average Bonchev–Trinajstić information content (AvgIpc) is 3.59. The lowest BCUT2D eigenvalue weighted by atomic mass is 9.97. The Labute approximate surface area is 223 Å². The maximum absolute atomic E-state index is 14.0. The number of benzene rings is 2. The average molecular weight is 555 g/mol. The molecule has 12 heteroatoms. The number of sulfonamides is 1. The van der Waals surface area contributed by atoms with E-state index in [2.05, 4.69) is 15.6 Å². The number of carbonyl (C=O) groups excluding carboxylic acids is 1. The van der Waals surface area contributed by atoms with E-state index >= 15 is 0 Å². The van der Waals surface area contributed by atoms with E-state index in [0.29, 0.717) is 24.3 Å². The van der Waals surface area contributed by atoms with Gasteiger partial charge in [0.05, 0.1) is 6.20 Å². The Morgan fingerprint density at radius 1 is 1.05 bits per heavy atom. The number of piperidine rings is 1. The van der Waals surface area contributed by atoms with E-state index in [-0.39, 0.29) is 46.8 Å². The van der Waals surface area contributed by atoms with Gasteiger partial charge in [-0.2, -0.15) is 4.31 Å². The van der Waals surface area contributed by atoms with Gasteiger partial charge in [-0.05, 0) is 68.3 Å². The molecule has 1 fully saturated rings. The van der Waals surface area contributed by atoms with Gasteiger partial charge in [0.1, 0.15) is 17.3 Å². The lowest BCUT2D eigenvalue weighted by Crippen LogP contribution is -2.41. The largest absolute Gasteiger partial charge is 0.356 e. The zero-order chi connectivity index (χ0) is 27.6. The SMILES string of the molecule is Cc1noc(C=Cc2ccc(F)cc2F)c1S(=O)(=O)N1CCC(C(=O)Nc2ccc(-c3ccno3)cc2)CC1. The molecular weight excluding hydrogens is 530 g/mol. The molecule has 1 aliphatic rings. The van der Waals surface area contributed by atoms with Crippen LogP contribution in [-0.4, -0.2) is 42.0 Å². The minimum atomic E-state index is -4.01. The van der Waals surface area contributed by atoms with Crippen molar-refractivity contribution in [3.63, 3.8) is 0 Å². The van der Waals surface area contributed by atoms with E-state index in [4.69, 9.17) is 9.05 Å². The molecule has 2 aromatic carbocycles. The molecule has 5 rings (SSSR count). The van der Waals surface area contributed by atoms with Gasteiger partial charge in [-0.25, -0.2) is 17.2 Å². The van der Waals surface area contributed by atoms with Crippen LogP contribution in [0.1, 0.15) is 29.9 Å². The first-order valence-corrected chi connectivity index (χ1v) is 13.6. The molecule has 1 saturated heterocycles. The quantitative estimate of drug-likeness (QED) is 0.337. The molecule has 1 N–H and O–H groups in total. The highest BCUT2D eigenvalue weighted by molar-refractivity contribution is 7.89. The maximum atomic E-state index is 14.0. The summed E-state index contributed by atoms with van der Waals surface area (Å²) in [6.07, 6.45) is 4.79. The summed E-state index contributed by atoms with van der Waals surface area (Å²) in [6.45, 7) is 1.76. The number of halogens is 2. The number of amides is 1. The van der Waals surface area contributed by atoms with Crippen LogP contribution in [0.25, 0.3) is 23.5 Å². The molecule has 0 aliphatic carbocycles. The molecule has 39 heavy (non-hydrogen) atoms. The van der Waals surface area contributed by atoms with Crippen molar-refractivity contribution in [2.75, 3.05) is 18.4 Å². The Bertz CT molecular complexity index is 1610. The van der Waals surface area contributed by atoms with Gasteiger partial charge >= 0.3 is 0 Å². The highest BCUT2D eigenvalue weighted by Crippen LogP contribution is 2.30. The number of nitrogens with zero attached hydrogens (tertiary/aromatic N) is 3. The zero-order valence-corrected chi connectivity index (χ0v) is 21.6. The van der Waals surface area contributed by atoms with Gasteiger partial charge in [0.15, 0.2) is 16.4 Å². The first kappa shape index (κ1) is 26.4. The number of nitrogens with one attached hydrogen (secondary N) is 1. The van der Waals surface area contributed by atoms with Crippen LogP contribution < -0.4 is 5.32 Å². The Morgan fingerprint density at radius 2 is 1.79 bits per heavy atom. The lowest BCUT2D eigenvalue weighted by Gasteiger charge is -2.30. The molecule has 0 atom stereocenters. The van der Waals surface area contributed by atoms with Gasteiger partial charge in [0.2, 0.25) is 15.9 Å². The minimum absolute atomic E-state index is 0.0632. The van der Waals surface area contributed by atoms with E-state index < -0.39 is 21.7 Å². The molecule has 0 bridgehead atoms. The van der Waals surface area contributed by atoms with Crippen molar-refractivity contribution in [1.82, 2.24) is 14.6 Å². The van der Waals surface area contributed by atoms with Gasteiger partial charge < -0.3 is 14.4 Å². The van der Waals surface area contributed by atoms with Crippen LogP contribution in [0.15, 0.2) is 68.7 Å². The summed E-state index contributed by atoms with van der Waals surface area (Å²) in [4.78, 5) is 12.7. The number of hydrogen-bond donors (Lipinski definition) is 1. The normalized spacial score (nSPS) is 15.2. The molecule has 0 saturated carbocycles. The Kier molecular flexibility index (Phi) is 7.40. The van der Waals surface area contributed by atoms with Crippen LogP contribution in [0.5, 0.6) is 0 Å². The van der Waals surface area contributed by atoms with Crippen LogP contribution in [-0.2, 0) is 14.8 Å². The number of hydrogen-bond acceptors (Lipinski definition) is 7. The molecular formula is C27H24F2N4O5S. The topological polar surface area (TPSA) is 119 Å². The van der Waals surface area contributed by atoms with E-state index in [9.17, 15) is 22.0 Å². The summed E-state index contributed by atoms with van der Waals surface area (Å²) in [5, 5.41) is 10.3. The summed E-state index contributed by atoms with van der Waals surface area (Å²) >= 11 is 0. The molecule has 3 heterocycles. The lowest BCUT2D eigenvalue weighted by molar-refractivity contribution is -0.120. The maximum Gasteiger partial charge on any atom is 0.248 e. The zero-order valence-electron chi connectivity index (χ0n) is 20.8. The van der Waals surface area contributed by atoms with Gasteiger partial charge in [-0.1, -0.05) is 10.3 Å². The Balaban J connectivity index is 1.23.